The van der Waals surface area contributed by atoms with E-state index in [1.165, 1.54) is 23.1 Å². The van der Waals surface area contributed by atoms with E-state index in [1.807, 2.05) is 19.0 Å². The Bertz CT molecular complexity index is 1040. The number of fused-ring (bicyclic) bond motifs is 1. The van der Waals surface area contributed by atoms with Crippen molar-refractivity contribution in [2.45, 2.75) is 6.36 Å². The molecule has 0 aliphatic carbocycles. The molecule has 0 fully saturated rings. The van der Waals surface area contributed by atoms with Gasteiger partial charge in [-0.2, -0.15) is 0 Å². The minimum Gasteiger partial charge on any atom is -0.497 e. The van der Waals surface area contributed by atoms with Gasteiger partial charge in [0.05, 0.1) is 17.3 Å². The Hall–Kier alpha value is -2.76. The van der Waals surface area contributed by atoms with Gasteiger partial charge >= 0.3 is 12.4 Å². The number of likely N-dealkylation sites (N-methyl/N-ethyl adjacent to an activating group) is 1. The molecular weight excluding hydrogens is 469 g/mol. The van der Waals surface area contributed by atoms with Gasteiger partial charge in [0.15, 0.2) is 5.13 Å². The van der Waals surface area contributed by atoms with Gasteiger partial charge in [0, 0.05) is 24.8 Å². The summed E-state index contributed by atoms with van der Waals surface area (Å²) in [6.45, 7) is 0.898. The molecule has 3 rings (SSSR count). The number of aromatic nitrogens is 1. The third-order valence-electron chi connectivity index (χ3n) is 4.17. The summed E-state index contributed by atoms with van der Waals surface area (Å²) < 4.78 is 47.1. The highest BCUT2D eigenvalue weighted by atomic mass is 35.5. The second kappa shape index (κ2) is 10.7. The monoisotopic (exact) mass is 490 g/mol. The third kappa shape index (κ3) is 6.87. The number of halogens is 4. The highest BCUT2D eigenvalue weighted by Crippen LogP contribution is 2.33. The van der Waals surface area contributed by atoms with Crippen molar-refractivity contribution in [2.24, 2.45) is 0 Å². The number of amides is 2. The number of urea groups is 1. The van der Waals surface area contributed by atoms with Crippen LogP contribution in [-0.2, 0) is 0 Å². The van der Waals surface area contributed by atoms with Crippen LogP contribution in [0.2, 0.25) is 0 Å². The summed E-state index contributed by atoms with van der Waals surface area (Å²) in [5.74, 6) is 0.322. The van der Waals surface area contributed by atoms with Gasteiger partial charge in [0.1, 0.15) is 11.5 Å². The molecule has 0 bridgehead atoms. The Kier molecular flexibility index (Phi) is 8.53. The van der Waals surface area contributed by atoms with Crippen LogP contribution in [-0.4, -0.2) is 56.6 Å². The van der Waals surface area contributed by atoms with Crippen molar-refractivity contribution in [2.75, 3.05) is 44.5 Å². The molecule has 3 aromatic rings. The van der Waals surface area contributed by atoms with Gasteiger partial charge in [-0.3, -0.25) is 4.90 Å². The zero-order chi connectivity index (χ0) is 22.6. The molecule has 7 nitrogen and oxygen atoms in total. The van der Waals surface area contributed by atoms with Crippen LogP contribution in [0, 0.1) is 0 Å². The van der Waals surface area contributed by atoms with E-state index >= 15 is 0 Å². The van der Waals surface area contributed by atoms with Gasteiger partial charge in [0.25, 0.3) is 0 Å². The van der Waals surface area contributed by atoms with Crippen LogP contribution in [0.25, 0.3) is 10.2 Å². The fraction of sp³-hybridized carbons (Fsp3) is 0.300. The highest BCUT2D eigenvalue weighted by molar-refractivity contribution is 7.22. The van der Waals surface area contributed by atoms with Gasteiger partial charge in [-0.25, -0.2) is 9.78 Å². The Morgan fingerprint density at radius 3 is 2.34 bits per heavy atom. The summed E-state index contributed by atoms with van der Waals surface area (Å²) in [4.78, 5) is 20.8. The third-order valence-corrected chi connectivity index (χ3v) is 5.21. The lowest BCUT2D eigenvalue weighted by molar-refractivity contribution is -0.274. The fourth-order valence-corrected chi connectivity index (χ4v) is 3.67. The number of carbonyl (C=O) groups excluding carboxylic acids is 1. The first-order chi connectivity index (χ1) is 14.6. The number of hydrogen-bond donors (Lipinski definition) is 1. The lowest BCUT2D eigenvalue weighted by Gasteiger charge is -2.22. The molecule has 32 heavy (non-hydrogen) atoms. The van der Waals surface area contributed by atoms with Crippen molar-refractivity contribution in [3.05, 3.63) is 42.5 Å². The van der Waals surface area contributed by atoms with E-state index in [9.17, 15) is 18.0 Å². The van der Waals surface area contributed by atoms with E-state index in [4.69, 9.17) is 4.74 Å². The molecule has 12 heteroatoms. The number of methoxy groups -OCH3 is 1. The largest absolute Gasteiger partial charge is 0.573 e. The first kappa shape index (κ1) is 25.5. The maximum Gasteiger partial charge on any atom is 0.573 e. The number of alkyl halides is 3. The maximum absolute atomic E-state index is 13.0. The van der Waals surface area contributed by atoms with Crippen molar-refractivity contribution in [1.82, 2.24) is 9.88 Å². The Labute approximate surface area is 193 Å². The zero-order valence-electron chi connectivity index (χ0n) is 17.5. The van der Waals surface area contributed by atoms with Gasteiger partial charge in [-0.05, 0) is 50.5 Å². The predicted octanol–water partition coefficient (Wildman–Crippen LogP) is 5.23. The van der Waals surface area contributed by atoms with Crippen LogP contribution in [0.4, 0.5) is 28.8 Å². The molecule has 1 heterocycles. The summed E-state index contributed by atoms with van der Waals surface area (Å²) in [6.07, 6.45) is -4.78. The minimum absolute atomic E-state index is 0. The molecule has 0 spiro atoms. The molecule has 2 aromatic carbocycles. The van der Waals surface area contributed by atoms with Gasteiger partial charge in [0.2, 0.25) is 0 Å². The molecule has 0 aliphatic heterocycles. The number of benzene rings is 2. The van der Waals surface area contributed by atoms with Gasteiger partial charge in [-0.1, -0.05) is 11.3 Å². The average Bonchev–Trinajstić information content (AvgIpc) is 3.10. The van der Waals surface area contributed by atoms with E-state index in [0.29, 0.717) is 39.9 Å². The first-order valence-corrected chi connectivity index (χ1v) is 10.00. The van der Waals surface area contributed by atoms with E-state index in [0.717, 1.165) is 11.3 Å². The minimum atomic E-state index is -4.78. The molecule has 0 saturated carbocycles. The second-order valence-corrected chi connectivity index (χ2v) is 7.80. The number of carbonyl (C=O) groups is 1. The van der Waals surface area contributed by atoms with Gasteiger partial charge < -0.3 is 19.7 Å². The average molecular weight is 491 g/mol. The summed E-state index contributed by atoms with van der Waals surface area (Å²) in [5, 5.41) is 3.18. The highest BCUT2D eigenvalue weighted by Gasteiger charge is 2.31. The quantitative estimate of drug-likeness (QED) is 0.491. The molecule has 0 radical (unpaired) electrons. The van der Waals surface area contributed by atoms with Crippen LogP contribution in [0.5, 0.6) is 11.5 Å². The molecule has 0 atom stereocenters. The van der Waals surface area contributed by atoms with Crippen LogP contribution in [0.15, 0.2) is 42.5 Å². The van der Waals surface area contributed by atoms with E-state index in [-0.39, 0.29) is 18.2 Å². The van der Waals surface area contributed by atoms with Crippen LogP contribution >= 0.6 is 23.7 Å². The van der Waals surface area contributed by atoms with Gasteiger partial charge in [-0.15, -0.1) is 25.6 Å². The number of rotatable bonds is 7. The number of nitrogens with one attached hydrogen (secondary N) is 1. The smallest absolute Gasteiger partial charge is 0.497 e. The maximum atomic E-state index is 13.0. The zero-order valence-corrected chi connectivity index (χ0v) is 19.1. The topological polar surface area (TPSA) is 66.9 Å². The van der Waals surface area contributed by atoms with E-state index in [2.05, 4.69) is 15.0 Å². The molecule has 0 saturated heterocycles. The molecular formula is C20H22ClF3N4O3S. The standard InChI is InChI=1S/C20H21F3N4O3S.ClH/c1-26(2)10-11-27(18(28)24-13-4-6-14(29-3)7-5-13)19-25-16-9-8-15(12-17(16)31-19)30-20(21,22)23;/h4-9,12H,10-11H2,1-3H3,(H,24,28);1H. The Morgan fingerprint density at radius 1 is 1.09 bits per heavy atom. The van der Waals surface area contributed by atoms with Crippen LogP contribution in [0.1, 0.15) is 0 Å². The van der Waals surface area contributed by atoms with Crippen molar-refractivity contribution in [3.63, 3.8) is 0 Å². The molecule has 1 N–H and O–H groups in total. The van der Waals surface area contributed by atoms with Crippen molar-refractivity contribution in [1.29, 1.82) is 0 Å². The summed E-state index contributed by atoms with van der Waals surface area (Å²) in [6, 6.07) is 10.3. The normalized spacial score (nSPS) is 11.2. The van der Waals surface area contributed by atoms with E-state index in [1.54, 1.807) is 31.4 Å². The summed E-state index contributed by atoms with van der Waals surface area (Å²) in [5.41, 5.74) is 1.05. The fourth-order valence-electron chi connectivity index (χ4n) is 2.65. The number of anilines is 2. The number of nitrogens with zero attached hydrogens (tertiary/aromatic N) is 3. The van der Waals surface area contributed by atoms with Crippen molar-refractivity contribution in [3.8, 4) is 11.5 Å². The molecule has 174 valence electrons. The Morgan fingerprint density at radius 2 is 1.75 bits per heavy atom. The molecule has 0 unspecified atom stereocenters. The Balaban J connectivity index is 0.00000363. The molecule has 0 aliphatic rings. The van der Waals surface area contributed by atoms with Crippen LogP contribution in [0.3, 0.4) is 0 Å². The number of ether oxygens (including phenoxy) is 2. The van der Waals surface area contributed by atoms with Crippen molar-refractivity contribution < 1.29 is 27.4 Å². The summed E-state index contributed by atoms with van der Waals surface area (Å²) in [7, 11) is 5.30. The summed E-state index contributed by atoms with van der Waals surface area (Å²) >= 11 is 1.11. The van der Waals surface area contributed by atoms with Crippen molar-refractivity contribution >= 4 is 50.8 Å². The SMILES string of the molecule is COc1ccc(NC(=O)N(CCN(C)C)c2nc3ccc(OC(F)(F)F)cc3s2)cc1.Cl. The number of hydrogen-bond acceptors (Lipinski definition) is 6. The number of thiazole rings is 1. The first-order valence-electron chi connectivity index (χ1n) is 9.18. The lowest BCUT2D eigenvalue weighted by atomic mass is 10.3. The van der Waals surface area contributed by atoms with E-state index < -0.39 is 12.4 Å². The molecule has 2 amide bonds. The second-order valence-electron chi connectivity index (χ2n) is 6.79. The predicted molar refractivity (Wildman–Crippen MR) is 121 cm³/mol. The van der Waals surface area contributed by atoms with Crippen LogP contribution < -0.4 is 19.7 Å². The molecule has 1 aromatic heterocycles. The lowest BCUT2D eigenvalue weighted by Crippen LogP contribution is -2.39.